The minimum absolute atomic E-state index is 0.272. The van der Waals surface area contributed by atoms with E-state index in [4.69, 9.17) is 0 Å². The number of rotatable bonds is 5. The van der Waals surface area contributed by atoms with E-state index >= 15 is 0 Å². The van der Waals surface area contributed by atoms with Crippen molar-refractivity contribution < 1.29 is 20.2 Å². The molecule has 0 aliphatic carbocycles. The van der Waals surface area contributed by atoms with Gasteiger partial charge in [-0.2, -0.15) is 0 Å². The average Bonchev–Trinajstić information content (AvgIpc) is 2.39. The second-order valence-electron chi connectivity index (χ2n) is 5.00. The molecule has 6 heteroatoms. The summed E-state index contributed by atoms with van der Waals surface area (Å²) in [6, 6.07) is 0. The minimum Gasteiger partial charge on any atom is -0.385 e. The number of unbranched alkanes of at least 4 members (excludes halogenated alkanes) is 1. The maximum absolute atomic E-state index is 9.31. The molecule has 0 fully saturated rings. The second-order valence-corrected chi connectivity index (χ2v) is 5.00. The Morgan fingerprint density at radius 1 is 0.889 bits per heavy atom. The van der Waals surface area contributed by atoms with Gasteiger partial charge in [-0.25, -0.2) is 0 Å². The maximum Gasteiger partial charge on any atom is 0.242 e. The fourth-order valence-corrected chi connectivity index (χ4v) is 2.19. The van der Waals surface area contributed by atoms with Gasteiger partial charge in [0.25, 0.3) is 0 Å². The number of aliphatic hydroxyl groups is 2. The lowest BCUT2D eigenvalue weighted by molar-refractivity contribution is -0.478. The van der Waals surface area contributed by atoms with Crippen LogP contribution in [0.15, 0.2) is 0 Å². The third kappa shape index (κ3) is 4.27. The van der Waals surface area contributed by atoms with Crippen molar-refractivity contribution in [3.05, 3.63) is 0 Å². The quantitative estimate of drug-likeness (QED) is 0.279. The van der Waals surface area contributed by atoms with E-state index in [0.717, 1.165) is 37.4 Å². The largest absolute Gasteiger partial charge is 0.385 e. The summed E-state index contributed by atoms with van der Waals surface area (Å²) >= 11 is 0. The van der Waals surface area contributed by atoms with Gasteiger partial charge in [0.1, 0.15) is 38.4 Å². The fourth-order valence-electron chi connectivity index (χ4n) is 2.19. The Balaban J connectivity index is 1.59. The van der Waals surface area contributed by atoms with Crippen LogP contribution in [0, 0.1) is 0 Å². The number of hydrogen-bond acceptors (Lipinski definition) is 4. The number of aliphatic hydroxyl groups excluding tert-OH is 2. The Morgan fingerprint density at radius 2 is 1.33 bits per heavy atom. The van der Waals surface area contributed by atoms with Crippen LogP contribution in [-0.4, -0.2) is 60.3 Å². The first-order valence-electron chi connectivity index (χ1n) is 6.77. The van der Waals surface area contributed by atoms with Crippen LogP contribution >= 0.6 is 0 Å². The summed E-state index contributed by atoms with van der Waals surface area (Å²) in [4.78, 5) is 6.40. The van der Waals surface area contributed by atoms with Crippen molar-refractivity contribution in [2.24, 2.45) is 0 Å². The van der Waals surface area contributed by atoms with Crippen molar-refractivity contribution in [1.82, 2.24) is 10.6 Å². The van der Waals surface area contributed by atoms with E-state index in [1.54, 1.807) is 0 Å². The molecule has 2 aliphatic heterocycles. The summed E-state index contributed by atoms with van der Waals surface area (Å²) in [5.41, 5.74) is 0. The highest BCUT2D eigenvalue weighted by Gasteiger charge is 2.19. The monoisotopic (exact) mass is 256 g/mol. The van der Waals surface area contributed by atoms with Gasteiger partial charge in [0, 0.05) is 12.8 Å². The highest BCUT2D eigenvalue weighted by atomic mass is 16.3. The molecule has 6 N–H and O–H groups in total. The van der Waals surface area contributed by atoms with Crippen LogP contribution in [0.25, 0.3) is 0 Å². The number of β-amino-alcohol motifs (C(OH)–C–C–N with tert-alkyl or cyclic N) is 2. The van der Waals surface area contributed by atoms with Crippen molar-refractivity contribution in [1.29, 1.82) is 0 Å². The molecule has 0 amide bonds. The molecule has 0 saturated carbocycles. The predicted octanol–water partition coefficient (Wildman–Crippen LogP) is -4.57. The number of amidine groups is 2. The summed E-state index contributed by atoms with van der Waals surface area (Å²) in [7, 11) is 0. The Labute approximate surface area is 107 Å². The molecule has 0 spiro atoms. The Morgan fingerprint density at radius 3 is 1.67 bits per heavy atom. The summed E-state index contributed by atoms with van der Waals surface area (Å²) < 4.78 is 0. The van der Waals surface area contributed by atoms with Crippen molar-refractivity contribution in [3.8, 4) is 0 Å². The van der Waals surface area contributed by atoms with Crippen LogP contribution in [0.5, 0.6) is 0 Å². The lowest BCUT2D eigenvalue weighted by Crippen LogP contribution is -2.82. The molecule has 0 saturated heterocycles. The lowest BCUT2D eigenvalue weighted by atomic mass is 10.1. The molecule has 102 valence electrons. The van der Waals surface area contributed by atoms with Gasteiger partial charge in [-0.05, 0) is 12.8 Å². The van der Waals surface area contributed by atoms with E-state index in [1.165, 1.54) is 0 Å². The zero-order valence-corrected chi connectivity index (χ0v) is 10.7. The molecule has 2 aliphatic rings. The van der Waals surface area contributed by atoms with Gasteiger partial charge >= 0.3 is 0 Å². The first kappa shape index (κ1) is 13.3. The third-order valence-electron chi connectivity index (χ3n) is 3.31. The van der Waals surface area contributed by atoms with Crippen LogP contribution in [-0.2, 0) is 0 Å². The zero-order chi connectivity index (χ0) is 12.8. The SMILES string of the molecule is OC1CNC(CCCCC2=[NH+]CC(O)CN2)=[NH+]C1. The molecule has 2 heterocycles. The van der Waals surface area contributed by atoms with Gasteiger partial charge in [0.05, 0.1) is 0 Å². The van der Waals surface area contributed by atoms with Crippen LogP contribution in [0.2, 0.25) is 0 Å². The van der Waals surface area contributed by atoms with Crippen molar-refractivity contribution >= 4 is 11.7 Å². The molecule has 0 aromatic carbocycles. The Hall–Kier alpha value is -1.14. The average molecular weight is 256 g/mol. The zero-order valence-electron chi connectivity index (χ0n) is 10.7. The summed E-state index contributed by atoms with van der Waals surface area (Å²) in [6.45, 7) is 2.61. The predicted molar refractivity (Wildman–Crippen MR) is 68.2 cm³/mol. The van der Waals surface area contributed by atoms with Crippen LogP contribution in [0.4, 0.5) is 0 Å². The minimum atomic E-state index is -0.272. The normalized spacial score (nSPS) is 27.9. The van der Waals surface area contributed by atoms with E-state index in [9.17, 15) is 10.2 Å². The van der Waals surface area contributed by atoms with E-state index in [0.29, 0.717) is 26.2 Å². The summed E-state index contributed by atoms with van der Waals surface area (Å²) in [5.74, 6) is 2.29. The standard InChI is InChI=1S/C12H22N4O2/c17-9-5-13-11(14-6-9)3-1-2-4-12-15-7-10(18)8-16-12/h9-10,17-18H,1-8H2,(H,13,14)(H,15,16)/p+2. The highest BCUT2D eigenvalue weighted by Crippen LogP contribution is 1.99. The van der Waals surface area contributed by atoms with E-state index < -0.39 is 0 Å². The molecule has 18 heavy (non-hydrogen) atoms. The topological polar surface area (TPSA) is 92.5 Å². The fraction of sp³-hybridized carbons (Fsp3) is 0.833. The van der Waals surface area contributed by atoms with E-state index in [-0.39, 0.29) is 12.2 Å². The van der Waals surface area contributed by atoms with E-state index in [1.807, 2.05) is 0 Å². The molecule has 0 aromatic rings. The lowest BCUT2D eigenvalue weighted by Gasteiger charge is -2.14. The number of hydrogen-bond donors (Lipinski definition) is 6. The molecule has 0 radical (unpaired) electrons. The molecule has 0 bridgehead atoms. The van der Waals surface area contributed by atoms with Crippen molar-refractivity contribution in [2.75, 3.05) is 26.2 Å². The van der Waals surface area contributed by atoms with E-state index in [2.05, 4.69) is 20.6 Å². The first-order valence-corrected chi connectivity index (χ1v) is 6.77. The Kier molecular flexibility index (Phi) is 4.95. The van der Waals surface area contributed by atoms with Gasteiger partial charge in [0.15, 0.2) is 0 Å². The van der Waals surface area contributed by atoms with Crippen LogP contribution in [0.3, 0.4) is 0 Å². The maximum atomic E-state index is 9.31. The van der Waals surface area contributed by atoms with Crippen LogP contribution < -0.4 is 20.6 Å². The molecule has 2 atom stereocenters. The smallest absolute Gasteiger partial charge is 0.242 e. The van der Waals surface area contributed by atoms with Crippen molar-refractivity contribution in [2.45, 2.75) is 37.9 Å². The molecule has 2 unspecified atom stereocenters. The summed E-state index contributed by atoms with van der Waals surface area (Å²) in [6.07, 6.45) is 3.69. The second kappa shape index (κ2) is 6.70. The number of nitrogens with one attached hydrogen (secondary N) is 4. The summed E-state index contributed by atoms with van der Waals surface area (Å²) in [5, 5.41) is 25.0. The van der Waals surface area contributed by atoms with Crippen LogP contribution in [0.1, 0.15) is 25.7 Å². The molecule has 6 nitrogen and oxygen atoms in total. The van der Waals surface area contributed by atoms with Gasteiger partial charge in [-0.15, -0.1) is 0 Å². The van der Waals surface area contributed by atoms with Gasteiger partial charge in [-0.1, -0.05) is 0 Å². The molecule has 0 aromatic heterocycles. The molecule has 2 rings (SSSR count). The molecular formula is C12H24N4O2+2. The third-order valence-corrected chi connectivity index (χ3v) is 3.31. The van der Waals surface area contributed by atoms with Gasteiger partial charge in [-0.3, -0.25) is 20.6 Å². The Bertz CT molecular complexity index is 298. The van der Waals surface area contributed by atoms with Gasteiger partial charge in [0.2, 0.25) is 11.7 Å². The van der Waals surface area contributed by atoms with Crippen molar-refractivity contribution in [3.63, 3.8) is 0 Å². The highest BCUT2D eigenvalue weighted by molar-refractivity contribution is 5.77. The first-order chi connectivity index (χ1) is 8.74. The molecular weight excluding hydrogens is 232 g/mol. The van der Waals surface area contributed by atoms with Gasteiger partial charge < -0.3 is 10.2 Å².